The molecule has 140 valence electrons. The summed E-state index contributed by atoms with van der Waals surface area (Å²) < 4.78 is 2.25. The van der Waals surface area contributed by atoms with Gasteiger partial charge in [-0.1, -0.05) is 30.3 Å². The first-order valence-corrected chi connectivity index (χ1v) is 9.90. The molecule has 4 nitrogen and oxygen atoms in total. The number of aryl methyl sites for hydroxylation is 2. The lowest BCUT2D eigenvalue weighted by Crippen LogP contribution is -2.48. The number of carbonyl (C=O) groups is 1. The molecule has 3 aromatic rings. The van der Waals surface area contributed by atoms with Gasteiger partial charge in [0.2, 0.25) is 5.91 Å². The molecule has 0 unspecified atom stereocenters. The molecule has 0 spiro atoms. The van der Waals surface area contributed by atoms with E-state index in [2.05, 4.69) is 71.1 Å². The highest BCUT2D eigenvalue weighted by Crippen LogP contribution is 2.20. The molecule has 4 rings (SSSR count). The Hall–Kier alpha value is -2.75. The molecule has 1 aliphatic rings. The van der Waals surface area contributed by atoms with E-state index in [-0.39, 0.29) is 5.91 Å². The van der Waals surface area contributed by atoms with E-state index >= 15 is 0 Å². The molecule has 2 heterocycles. The first-order valence-electron chi connectivity index (χ1n) is 9.90. The summed E-state index contributed by atoms with van der Waals surface area (Å²) in [7, 11) is 0. The zero-order valence-electron chi connectivity index (χ0n) is 16.0. The Kier molecular flexibility index (Phi) is 5.14. The monoisotopic (exact) mass is 361 g/mol. The molecule has 0 saturated carbocycles. The molecule has 1 aromatic heterocycles. The number of carbonyl (C=O) groups excluding carboxylic acids is 1. The second-order valence-corrected chi connectivity index (χ2v) is 7.20. The average Bonchev–Trinajstić information content (AvgIpc) is 3.15. The number of aromatic nitrogens is 1. The van der Waals surface area contributed by atoms with E-state index in [1.54, 1.807) is 0 Å². The highest BCUT2D eigenvalue weighted by molar-refractivity contribution is 5.81. The fourth-order valence-electron chi connectivity index (χ4n) is 3.92. The minimum atomic E-state index is 0.272. The van der Waals surface area contributed by atoms with Gasteiger partial charge >= 0.3 is 0 Å². The Balaban J connectivity index is 1.32. The molecule has 0 bridgehead atoms. The molecule has 0 atom stereocenters. The van der Waals surface area contributed by atoms with E-state index < -0.39 is 0 Å². The van der Waals surface area contributed by atoms with Crippen molar-refractivity contribution in [3.63, 3.8) is 0 Å². The van der Waals surface area contributed by atoms with Crippen molar-refractivity contribution in [2.75, 3.05) is 31.1 Å². The molecule has 1 aliphatic heterocycles. The van der Waals surface area contributed by atoms with E-state index in [9.17, 15) is 4.79 Å². The van der Waals surface area contributed by atoms with E-state index in [1.165, 1.54) is 22.2 Å². The SMILES string of the molecule is CCn1ccc2ccc(CCC(=O)N3CCN(c4ccccc4)CC3)cc21. The van der Waals surface area contributed by atoms with Gasteiger partial charge in [-0.25, -0.2) is 0 Å². The van der Waals surface area contributed by atoms with Crippen molar-refractivity contribution in [3.8, 4) is 0 Å². The van der Waals surface area contributed by atoms with Crippen molar-refractivity contribution in [1.29, 1.82) is 0 Å². The van der Waals surface area contributed by atoms with Crippen LogP contribution in [0.1, 0.15) is 18.9 Å². The lowest BCUT2D eigenvalue weighted by atomic mass is 10.1. The third kappa shape index (κ3) is 3.85. The number of rotatable bonds is 5. The van der Waals surface area contributed by atoms with Gasteiger partial charge in [-0.15, -0.1) is 0 Å². The van der Waals surface area contributed by atoms with E-state index in [0.29, 0.717) is 6.42 Å². The summed E-state index contributed by atoms with van der Waals surface area (Å²) in [6, 6.07) is 19.2. The fourth-order valence-corrected chi connectivity index (χ4v) is 3.92. The van der Waals surface area contributed by atoms with Gasteiger partial charge in [0.25, 0.3) is 0 Å². The van der Waals surface area contributed by atoms with Crippen LogP contribution in [0.5, 0.6) is 0 Å². The summed E-state index contributed by atoms with van der Waals surface area (Å²) in [4.78, 5) is 17.0. The van der Waals surface area contributed by atoms with Crippen LogP contribution in [0.25, 0.3) is 10.9 Å². The van der Waals surface area contributed by atoms with E-state index in [1.807, 2.05) is 11.0 Å². The van der Waals surface area contributed by atoms with Crippen molar-refractivity contribution < 1.29 is 4.79 Å². The maximum absolute atomic E-state index is 12.7. The second-order valence-electron chi connectivity index (χ2n) is 7.20. The molecular weight excluding hydrogens is 334 g/mol. The number of anilines is 1. The predicted octanol–water partition coefficient (Wildman–Crippen LogP) is 3.94. The Bertz CT molecular complexity index is 908. The number of para-hydroxylation sites is 1. The van der Waals surface area contributed by atoms with Crippen LogP contribution in [0.15, 0.2) is 60.8 Å². The summed E-state index contributed by atoms with van der Waals surface area (Å²) >= 11 is 0. The minimum Gasteiger partial charge on any atom is -0.368 e. The Morgan fingerprint density at radius 3 is 2.48 bits per heavy atom. The number of nitrogens with zero attached hydrogens (tertiary/aromatic N) is 3. The fraction of sp³-hybridized carbons (Fsp3) is 0.348. The van der Waals surface area contributed by atoms with Crippen molar-refractivity contribution in [3.05, 3.63) is 66.4 Å². The van der Waals surface area contributed by atoms with Gasteiger partial charge in [0.1, 0.15) is 0 Å². The molecule has 2 aromatic carbocycles. The molecule has 1 saturated heterocycles. The summed E-state index contributed by atoms with van der Waals surface area (Å²) in [5.41, 5.74) is 3.75. The third-order valence-electron chi connectivity index (χ3n) is 5.56. The lowest BCUT2D eigenvalue weighted by molar-refractivity contribution is -0.131. The summed E-state index contributed by atoms with van der Waals surface area (Å²) in [6.07, 6.45) is 3.53. The number of benzene rings is 2. The smallest absolute Gasteiger partial charge is 0.223 e. The van der Waals surface area contributed by atoms with Crippen LogP contribution in [0, 0.1) is 0 Å². The van der Waals surface area contributed by atoms with Crippen molar-refractivity contribution in [2.45, 2.75) is 26.3 Å². The number of amides is 1. The zero-order chi connectivity index (χ0) is 18.6. The quantitative estimate of drug-likeness (QED) is 0.689. The maximum Gasteiger partial charge on any atom is 0.223 e. The number of hydrogen-bond acceptors (Lipinski definition) is 2. The topological polar surface area (TPSA) is 28.5 Å². The molecule has 0 N–H and O–H groups in total. The highest BCUT2D eigenvalue weighted by Gasteiger charge is 2.21. The van der Waals surface area contributed by atoms with Crippen LogP contribution in [-0.2, 0) is 17.8 Å². The van der Waals surface area contributed by atoms with Crippen molar-refractivity contribution in [1.82, 2.24) is 9.47 Å². The van der Waals surface area contributed by atoms with Gasteiger partial charge in [-0.2, -0.15) is 0 Å². The summed E-state index contributed by atoms with van der Waals surface area (Å²) in [5.74, 6) is 0.272. The lowest BCUT2D eigenvalue weighted by Gasteiger charge is -2.36. The van der Waals surface area contributed by atoms with Crippen molar-refractivity contribution >= 4 is 22.5 Å². The molecule has 0 aliphatic carbocycles. The molecule has 0 radical (unpaired) electrons. The van der Waals surface area contributed by atoms with Crippen LogP contribution < -0.4 is 4.90 Å². The van der Waals surface area contributed by atoms with Crippen LogP contribution in [0.2, 0.25) is 0 Å². The van der Waals surface area contributed by atoms with Crippen LogP contribution in [0.4, 0.5) is 5.69 Å². The summed E-state index contributed by atoms with van der Waals surface area (Å²) in [6.45, 7) is 6.57. The molecule has 1 fully saturated rings. The van der Waals surface area contributed by atoms with Gasteiger partial charge in [-0.05, 0) is 48.6 Å². The van der Waals surface area contributed by atoms with E-state index in [0.717, 1.165) is 39.1 Å². The standard InChI is InChI=1S/C23H27N3O/c1-2-24-13-12-20-10-8-19(18-22(20)24)9-11-23(27)26-16-14-25(15-17-26)21-6-4-3-5-7-21/h3-8,10,12-13,18H,2,9,11,14-17H2,1H3. The third-order valence-corrected chi connectivity index (χ3v) is 5.56. The average molecular weight is 361 g/mol. The number of fused-ring (bicyclic) bond motifs is 1. The van der Waals surface area contributed by atoms with Gasteiger partial charge in [0.15, 0.2) is 0 Å². The first kappa shape index (κ1) is 17.7. The van der Waals surface area contributed by atoms with Crippen LogP contribution >= 0.6 is 0 Å². The zero-order valence-corrected chi connectivity index (χ0v) is 16.0. The van der Waals surface area contributed by atoms with Crippen LogP contribution in [-0.4, -0.2) is 41.6 Å². The number of hydrogen-bond donors (Lipinski definition) is 0. The largest absolute Gasteiger partial charge is 0.368 e. The molecule has 1 amide bonds. The molecule has 27 heavy (non-hydrogen) atoms. The van der Waals surface area contributed by atoms with Crippen LogP contribution in [0.3, 0.4) is 0 Å². The normalized spacial score (nSPS) is 14.7. The van der Waals surface area contributed by atoms with Gasteiger partial charge in [0.05, 0.1) is 0 Å². The predicted molar refractivity (Wildman–Crippen MR) is 111 cm³/mol. The Morgan fingerprint density at radius 1 is 0.963 bits per heavy atom. The highest BCUT2D eigenvalue weighted by atomic mass is 16.2. The number of piperazine rings is 1. The second kappa shape index (κ2) is 7.87. The minimum absolute atomic E-state index is 0.272. The van der Waals surface area contributed by atoms with Gasteiger partial charge in [0, 0.05) is 56.5 Å². The van der Waals surface area contributed by atoms with E-state index in [4.69, 9.17) is 0 Å². The molecule has 4 heteroatoms. The van der Waals surface area contributed by atoms with Crippen molar-refractivity contribution in [2.24, 2.45) is 0 Å². The van der Waals surface area contributed by atoms with Gasteiger partial charge in [-0.3, -0.25) is 4.79 Å². The summed E-state index contributed by atoms with van der Waals surface area (Å²) in [5, 5.41) is 1.27. The van der Waals surface area contributed by atoms with Gasteiger partial charge < -0.3 is 14.4 Å². The molecular formula is C23H27N3O. The maximum atomic E-state index is 12.7. The first-order chi connectivity index (χ1) is 13.2. The Morgan fingerprint density at radius 2 is 1.74 bits per heavy atom. The Labute approximate surface area is 161 Å².